The van der Waals surface area contributed by atoms with Crippen molar-refractivity contribution in [1.29, 1.82) is 0 Å². The predicted octanol–water partition coefficient (Wildman–Crippen LogP) is 3.88. The van der Waals surface area contributed by atoms with Gasteiger partial charge in [-0.15, -0.1) is 11.8 Å². The number of aryl methyl sites for hydroxylation is 1. The third kappa shape index (κ3) is 2.77. The van der Waals surface area contributed by atoms with Crippen LogP contribution in [0.3, 0.4) is 0 Å². The van der Waals surface area contributed by atoms with Crippen molar-refractivity contribution >= 4 is 23.4 Å². The third-order valence-electron chi connectivity index (χ3n) is 2.02. The Balaban J connectivity index is 2.07. The highest BCUT2D eigenvalue weighted by Crippen LogP contribution is 2.34. The van der Waals surface area contributed by atoms with E-state index in [4.69, 9.17) is 16.1 Å². The van der Waals surface area contributed by atoms with Crippen LogP contribution in [0.2, 0.25) is 5.02 Å². The van der Waals surface area contributed by atoms with Gasteiger partial charge in [0.25, 0.3) is 0 Å². The van der Waals surface area contributed by atoms with Crippen molar-refractivity contribution in [2.24, 2.45) is 0 Å². The van der Waals surface area contributed by atoms with Crippen LogP contribution >= 0.6 is 23.4 Å². The van der Waals surface area contributed by atoms with Gasteiger partial charge in [-0.2, -0.15) is 4.98 Å². The molecule has 2 aromatic rings. The van der Waals surface area contributed by atoms with Gasteiger partial charge in [0, 0.05) is 9.92 Å². The second kappa shape index (κ2) is 4.89. The van der Waals surface area contributed by atoms with Crippen LogP contribution in [0.4, 0.5) is 0 Å². The first-order valence-electron chi connectivity index (χ1n) is 4.87. The van der Waals surface area contributed by atoms with Crippen LogP contribution in [0.25, 0.3) is 0 Å². The fourth-order valence-electron chi connectivity index (χ4n) is 1.25. The molecule has 0 radical (unpaired) electrons. The van der Waals surface area contributed by atoms with E-state index in [0.717, 1.165) is 9.92 Å². The number of nitrogens with zero attached hydrogens (tertiary/aromatic N) is 2. The maximum Gasteiger partial charge on any atom is 0.239 e. The lowest BCUT2D eigenvalue weighted by Gasteiger charge is -2.05. The molecule has 0 amide bonds. The maximum atomic E-state index is 5.82. The Morgan fingerprint density at radius 1 is 1.31 bits per heavy atom. The zero-order valence-corrected chi connectivity index (χ0v) is 10.5. The molecule has 0 N–H and O–H groups in total. The average molecular weight is 255 g/mol. The van der Waals surface area contributed by atoms with Gasteiger partial charge in [0.15, 0.2) is 5.82 Å². The molecule has 0 aliphatic heterocycles. The van der Waals surface area contributed by atoms with Crippen molar-refractivity contribution < 1.29 is 4.52 Å². The van der Waals surface area contributed by atoms with Crippen molar-refractivity contribution in [1.82, 2.24) is 10.1 Å². The zero-order valence-electron chi connectivity index (χ0n) is 8.98. The Hall–Kier alpha value is -1.00. The lowest BCUT2D eigenvalue weighted by Crippen LogP contribution is -1.88. The van der Waals surface area contributed by atoms with Gasteiger partial charge in [0.2, 0.25) is 5.89 Å². The molecule has 1 unspecified atom stereocenters. The van der Waals surface area contributed by atoms with Gasteiger partial charge in [0.05, 0.1) is 5.25 Å². The molecule has 1 aromatic heterocycles. The number of benzene rings is 1. The Labute approximate surface area is 103 Å². The van der Waals surface area contributed by atoms with E-state index in [0.29, 0.717) is 11.7 Å². The summed E-state index contributed by atoms with van der Waals surface area (Å²) in [5.41, 5.74) is 0. The molecule has 0 fully saturated rings. The van der Waals surface area contributed by atoms with E-state index in [1.807, 2.05) is 38.1 Å². The number of thioether (sulfide) groups is 1. The van der Waals surface area contributed by atoms with Gasteiger partial charge in [-0.05, 0) is 38.1 Å². The lowest BCUT2D eigenvalue weighted by molar-refractivity contribution is 0.376. The van der Waals surface area contributed by atoms with E-state index in [1.165, 1.54) is 0 Å². The molecule has 2 rings (SSSR count). The molecule has 1 aromatic carbocycles. The van der Waals surface area contributed by atoms with Crippen molar-refractivity contribution in [3.05, 3.63) is 41.0 Å². The summed E-state index contributed by atoms with van der Waals surface area (Å²) in [6.45, 7) is 3.85. The number of hydrogen-bond donors (Lipinski definition) is 0. The zero-order chi connectivity index (χ0) is 11.5. The summed E-state index contributed by atoms with van der Waals surface area (Å²) in [7, 11) is 0. The summed E-state index contributed by atoms with van der Waals surface area (Å²) < 4.78 is 5.11. The normalized spacial score (nSPS) is 12.7. The fourth-order valence-corrected chi connectivity index (χ4v) is 2.27. The van der Waals surface area contributed by atoms with Crippen LogP contribution in [0.15, 0.2) is 33.7 Å². The van der Waals surface area contributed by atoms with Crippen molar-refractivity contribution in [3.63, 3.8) is 0 Å². The van der Waals surface area contributed by atoms with Crippen LogP contribution in [0, 0.1) is 6.92 Å². The standard InChI is InChI=1S/C11H11ClN2OS/c1-7(11-13-8(2)14-15-11)16-10-5-3-9(12)4-6-10/h3-7H,1-2H3. The van der Waals surface area contributed by atoms with E-state index in [9.17, 15) is 0 Å². The number of aromatic nitrogens is 2. The Kier molecular flexibility index (Phi) is 3.51. The molecule has 0 bridgehead atoms. The summed E-state index contributed by atoms with van der Waals surface area (Å²) >= 11 is 7.48. The lowest BCUT2D eigenvalue weighted by atomic mass is 10.4. The predicted molar refractivity (Wildman–Crippen MR) is 64.8 cm³/mol. The summed E-state index contributed by atoms with van der Waals surface area (Å²) in [5, 5.41) is 4.66. The van der Waals surface area contributed by atoms with Gasteiger partial charge in [-0.1, -0.05) is 16.8 Å². The molecule has 0 aliphatic carbocycles. The Morgan fingerprint density at radius 2 is 2.00 bits per heavy atom. The van der Waals surface area contributed by atoms with Gasteiger partial charge in [-0.3, -0.25) is 0 Å². The molecular weight excluding hydrogens is 244 g/mol. The first-order chi connectivity index (χ1) is 7.65. The molecule has 0 aliphatic rings. The first-order valence-corrected chi connectivity index (χ1v) is 6.13. The van der Waals surface area contributed by atoms with Crippen molar-refractivity contribution in [2.45, 2.75) is 24.0 Å². The van der Waals surface area contributed by atoms with Crippen LogP contribution in [-0.2, 0) is 0 Å². The van der Waals surface area contributed by atoms with Crippen LogP contribution in [0.5, 0.6) is 0 Å². The summed E-state index contributed by atoms with van der Waals surface area (Å²) in [6, 6.07) is 7.70. The SMILES string of the molecule is Cc1noc(C(C)Sc2ccc(Cl)cc2)n1. The second-order valence-corrected chi connectivity index (χ2v) is 5.24. The van der Waals surface area contributed by atoms with Crippen molar-refractivity contribution in [3.8, 4) is 0 Å². The minimum absolute atomic E-state index is 0.141. The number of rotatable bonds is 3. The number of halogens is 1. The molecule has 16 heavy (non-hydrogen) atoms. The van der Waals surface area contributed by atoms with E-state index in [1.54, 1.807) is 11.8 Å². The van der Waals surface area contributed by atoms with Gasteiger partial charge >= 0.3 is 0 Å². The molecule has 1 heterocycles. The molecule has 5 heteroatoms. The quantitative estimate of drug-likeness (QED) is 0.779. The van der Waals surface area contributed by atoms with E-state index < -0.39 is 0 Å². The highest BCUT2D eigenvalue weighted by Gasteiger charge is 2.13. The highest BCUT2D eigenvalue weighted by atomic mass is 35.5. The highest BCUT2D eigenvalue weighted by molar-refractivity contribution is 7.99. The topological polar surface area (TPSA) is 38.9 Å². The second-order valence-electron chi connectivity index (χ2n) is 3.39. The molecule has 84 valence electrons. The monoisotopic (exact) mass is 254 g/mol. The molecule has 0 spiro atoms. The average Bonchev–Trinajstić information content (AvgIpc) is 2.68. The smallest absolute Gasteiger partial charge is 0.239 e. The minimum atomic E-state index is 0.141. The molecule has 0 saturated carbocycles. The molecule has 0 saturated heterocycles. The van der Waals surface area contributed by atoms with E-state index in [-0.39, 0.29) is 5.25 Å². The molecular formula is C11H11ClN2OS. The van der Waals surface area contributed by atoms with Gasteiger partial charge < -0.3 is 4.52 Å². The van der Waals surface area contributed by atoms with Crippen LogP contribution in [-0.4, -0.2) is 10.1 Å². The van der Waals surface area contributed by atoms with Crippen LogP contribution in [0.1, 0.15) is 23.9 Å². The Bertz CT molecular complexity index is 469. The summed E-state index contributed by atoms with van der Waals surface area (Å²) in [4.78, 5) is 5.33. The first kappa shape index (κ1) is 11.5. The number of hydrogen-bond acceptors (Lipinski definition) is 4. The molecule has 3 nitrogen and oxygen atoms in total. The minimum Gasteiger partial charge on any atom is -0.338 e. The van der Waals surface area contributed by atoms with Gasteiger partial charge in [0.1, 0.15) is 0 Å². The maximum absolute atomic E-state index is 5.82. The summed E-state index contributed by atoms with van der Waals surface area (Å²) in [5.74, 6) is 1.32. The van der Waals surface area contributed by atoms with Crippen LogP contribution < -0.4 is 0 Å². The largest absolute Gasteiger partial charge is 0.338 e. The van der Waals surface area contributed by atoms with Crippen molar-refractivity contribution in [2.75, 3.05) is 0 Å². The fraction of sp³-hybridized carbons (Fsp3) is 0.273. The van der Waals surface area contributed by atoms with Gasteiger partial charge in [-0.25, -0.2) is 0 Å². The van der Waals surface area contributed by atoms with E-state index in [2.05, 4.69) is 10.1 Å². The summed E-state index contributed by atoms with van der Waals surface area (Å²) in [6.07, 6.45) is 0. The van der Waals surface area contributed by atoms with E-state index >= 15 is 0 Å². The molecule has 1 atom stereocenters. The Morgan fingerprint density at radius 3 is 2.56 bits per heavy atom. The third-order valence-corrected chi connectivity index (χ3v) is 3.37.